The van der Waals surface area contributed by atoms with E-state index in [9.17, 15) is 0 Å². The second kappa shape index (κ2) is 11.6. The molecule has 0 aliphatic rings. The lowest BCUT2D eigenvalue weighted by Crippen LogP contribution is -2.11. The van der Waals surface area contributed by atoms with Crippen molar-refractivity contribution in [1.82, 2.24) is 0 Å². The quantitative estimate of drug-likeness (QED) is 0.191. The lowest BCUT2D eigenvalue weighted by molar-refractivity contribution is 1.30. The molecule has 1 heteroatoms. The minimum absolute atomic E-state index is 1.11. The van der Waals surface area contributed by atoms with Crippen molar-refractivity contribution < 1.29 is 0 Å². The molecular weight excluding hydrogens is 542 g/mol. The minimum atomic E-state index is 1.11. The second-order valence-electron chi connectivity index (χ2n) is 11.4. The maximum absolute atomic E-state index is 2.41. The molecule has 212 valence electrons. The summed E-state index contributed by atoms with van der Waals surface area (Å²) in [5.41, 5.74) is 10.6. The normalized spacial score (nSPS) is 11.1. The smallest absolute Gasteiger partial charge is 0.0546 e. The van der Waals surface area contributed by atoms with Crippen LogP contribution in [0, 0.1) is 0 Å². The summed E-state index contributed by atoms with van der Waals surface area (Å²) in [7, 11) is 0. The van der Waals surface area contributed by atoms with Crippen molar-refractivity contribution in [3.8, 4) is 33.4 Å². The van der Waals surface area contributed by atoms with Crippen LogP contribution >= 0.6 is 0 Å². The molecule has 0 spiro atoms. The van der Waals surface area contributed by atoms with E-state index < -0.39 is 0 Å². The summed E-state index contributed by atoms with van der Waals surface area (Å²) in [5.74, 6) is 0. The summed E-state index contributed by atoms with van der Waals surface area (Å²) < 4.78 is 0. The average Bonchev–Trinajstić information content (AvgIpc) is 3.12. The number of nitrogens with zero attached hydrogens (tertiary/aromatic N) is 1. The topological polar surface area (TPSA) is 3.24 Å². The van der Waals surface area contributed by atoms with E-state index in [2.05, 4.69) is 193 Å². The number of benzene rings is 8. The van der Waals surface area contributed by atoms with E-state index in [0.717, 1.165) is 17.1 Å². The third-order valence-corrected chi connectivity index (χ3v) is 8.65. The Hall–Kier alpha value is -5.92. The third kappa shape index (κ3) is 5.05. The average molecular weight is 574 g/mol. The fraction of sp³-hybridized carbons (Fsp3) is 0. The Morgan fingerprint density at radius 3 is 1.60 bits per heavy atom. The highest BCUT2D eigenvalue weighted by atomic mass is 15.1. The van der Waals surface area contributed by atoms with Crippen molar-refractivity contribution >= 4 is 38.6 Å². The van der Waals surface area contributed by atoms with Gasteiger partial charge in [0.05, 0.1) is 5.69 Å². The van der Waals surface area contributed by atoms with Gasteiger partial charge in [0.1, 0.15) is 0 Å². The van der Waals surface area contributed by atoms with Crippen molar-refractivity contribution in [1.29, 1.82) is 0 Å². The highest BCUT2D eigenvalue weighted by Gasteiger charge is 2.19. The Bertz CT molecular complexity index is 2240. The van der Waals surface area contributed by atoms with E-state index >= 15 is 0 Å². The van der Waals surface area contributed by atoms with Crippen LogP contribution in [0.2, 0.25) is 0 Å². The van der Waals surface area contributed by atoms with Crippen LogP contribution in [0.5, 0.6) is 0 Å². The zero-order chi connectivity index (χ0) is 30.0. The van der Waals surface area contributed by atoms with Gasteiger partial charge in [0, 0.05) is 16.8 Å². The largest absolute Gasteiger partial charge is 0.310 e. The van der Waals surface area contributed by atoms with Gasteiger partial charge in [0.2, 0.25) is 0 Å². The molecule has 0 saturated heterocycles. The van der Waals surface area contributed by atoms with Crippen LogP contribution in [-0.4, -0.2) is 0 Å². The Balaban J connectivity index is 1.37. The van der Waals surface area contributed by atoms with Gasteiger partial charge >= 0.3 is 0 Å². The van der Waals surface area contributed by atoms with Crippen molar-refractivity contribution in [3.05, 3.63) is 188 Å². The molecule has 0 aromatic heterocycles. The van der Waals surface area contributed by atoms with E-state index in [1.807, 2.05) is 0 Å². The molecule has 1 nitrogen and oxygen atoms in total. The molecule has 0 amide bonds. The van der Waals surface area contributed by atoms with Gasteiger partial charge in [-0.1, -0.05) is 158 Å². The predicted octanol–water partition coefficient (Wildman–Crippen LogP) is 12.5. The molecule has 8 rings (SSSR count). The second-order valence-corrected chi connectivity index (χ2v) is 11.4. The monoisotopic (exact) mass is 573 g/mol. The van der Waals surface area contributed by atoms with E-state index in [-0.39, 0.29) is 0 Å². The Morgan fingerprint density at radius 2 is 0.844 bits per heavy atom. The molecule has 0 unspecified atom stereocenters. The van der Waals surface area contributed by atoms with Crippen LogP contribution in [0.25, 0.3) is 54.9 Å². The lowest BCUT2D eigenvalue weighted by Gasteiger charge is -2.28. The SMILES string of the molecule is c1ccc(-c2ccc(N(c3cccc(-c4ccccc4)c3)c3cccc4cccc(-c5cccc6ccccc56)c34)cc2)cc1. The van der Waals surface area contributed by atoms with Gasteiger partial charge in [-0.3, -0.25) is 0 Å². The predicted molar refractivity (Wildman–Crippen MR) is 192 cm³/mol. The van der Waals surface area contributed by atoms with Gasteiger partial charge in [-0.15, -0.1) is 0 Å². The van der Waals surface area contributed by atoms with Gasteiger partial charge < -0.3 is 4.90 Å². The summed E-state index contributed by atoms with van der Waals surface area (Å²) >= 11 is 0. The molecule has 0 heterocycles. The van der Waals surface area contributed by atoms with Crippen molar-refractivity contribution in [3.63, 3.8) is 0 Å². The van der Waals surface area contributed by atoms with Crippen LogP contribution in [0.1, 0.15) is 0 Å². The molecule has 0 bridgehead atoms. The Kier molecular flexibility index (Phi) is 6.90. The zero-order valence-electron chi connectivity index (χ0n) is 24.8. The molecule has 0 atom stereocenters. The number of fused-ring (bicyclic) bond motifs is 2. The van der Waals surface area contributed by atoms with Crippen LogP contribution in [-0.2, 0) is 0 Å². The zero-order valence-corrected chi connectivity index (χ0v) is 24.8. The Morgan fingerprint density at radius 1 is 0.311 bits per heavy atom. The first kappa shape index (κ1) is 26.7. The number of anilines is 3. The van der Waals surface area contributed by atoms with E-state index in [1.165, 1.54) is 54.9 Å². The van der Waals surface area contributed by atoms with Crippen molar-refractivity contribution in [2.24, 2.45) is 0 Å². The van der Waals surface area contributed by atoms with Crippen molar-refractivity contribution in [2.45, 2.75) is 0 Å². The first-order chi connectivity index (χ1) is 22.3. The number of hydrogen-bond donors (Lipinski definition) is 0. The van der Waals surface area contributed by atoms with E-state index in [0.29, 0.717) is 0 Å². The fourth-order valence-corrected chi connectivity index (χ4v) is 6.51. The molecule has 0 radical (unpaired) electrons. The van der Waals surface area contributed by atoms with E-state index in [1.54, 1.807) is 0 Å². The van der Waals surface area contributed by atoms with Crippen LogP contribution in [0.15, 0.2) is 188 Å². The highest BCUT2D eigenvalue weighted by Crippen LogP contribution is 2.44. The molecular formula is C44H31N. The number of hydrogen-bond acceptors (Lipinski definition) is 1. The third-order valence-electron chi connectivity index (χ3n) is 8.65. The molecule has 0 N–H and O–H groups in total. The molecule has 45 heavy (non-hydrogen) atoms. The molecule has 0 aliphatic heterocycles. The molecule has 0 fully saturated rings. The number of rotatable bonds is 6. The van der Waals surface area contributed by atoms with Gasteiger partial charge in [-0.05, 0) is 79.9 Å². The minimum Gasteiger partial charge on any atom is -0.310 e. The molecule has 8 aromatic rings. The summed E-state index contributed by atoms with van der Waals surface area (Å²) in [6.45, 7) is 0. The summed E-state index contributed by atoms with van der Waals surface area (Å²) in [6, 6.07) is 67.7. The van der Waals surface area contributed by atoms with Crippen LogP contribution < -0.4 is 4.90 Å². The summed E-state index contributed by atoms with van der Waals surface area (Å²) in [6.07, 6.45) is 0. The Labute approximate surface area is 264 Å². The van der Waals surface area contributed by atoms with Crippen molar-refractivity contribution in [2.75, 3.05) is 4.90 Å². The first-order valence-corrected chi connectivity index (χ1v) is 15.4. The van der Waals surface area contributed by atoms with E-state index in [4.69, 9.17) is 0 Å². The van der Waals surface area contributed by atoms with Gasteiger partial charge in [-0.25, -0.2) is 0 Å². The fourth-order valence-electron chi connectivity index (χ4n) is 6.51. The molecule has 0 aliphatic carbocycles. The van der Waals surface area contributed by atoms with Crippen LogP contribution in [0.4, 0.5) is 17.1 Å². The maximum Gasteiger partial charge on any atom is 0.0546 e. The van der Waals surface area contributed by atoms with Gasteiger partial charge in [0.15, 0.2) is 0 Å². The van der Waals surface area contributed by atoms with Gasteiger partial charge in [0.25, 0.3) is 0 Å². The standard InChI is InChI=1S/C44H31N/c1-3-13-32(14-4-1)34-27-29-38(30-28-34)45(39-22-9-21-37(31-39)33-15-5-2-6-16-33)43-26-12-20-36-19-11-25-42(44(36)43)41-24-10-18-35-17-7-8-23-40(35)41/h1-31H. The maximum atomic E-state index is 2.41. The molecule has 8 aromatic carbocycles. The van der Waals surface area contributed by atoms with Crippen LogP contribution in [0.3, 0.4) is 0 Å². The van der Waals surface area contributed by atoms with Gasteiger partial charge in [-0.2, -0.15) is 0 Å². The lowest BCUT2D eigenvalue weighted by atomic mass is 9.92. The summed E-state index contributed by atoms with van der Waals surface area (Å²) in [5, 5.41) is 4.94. The molecule has 0 saturated carbocycles. The summed E-state index contributed by atoms with van der Waals surface area (Å²) in [4.78, 5) is 2.41. The first-order valence-electron chi connectivity index (χ1n) is 15.4. The highest BCUT2D eigenvalue weighted by molar-refractivity contribution is 6.11.